The lowest BCUT2D eigenvalue weighted by atomic mass is 10.4. The molecule has 1 aromatic heterocycles. The number of hydrogen-bond acceptors (Lipinski definition) is 6. The molecule has 1 aromatic rings. The molecule has 3 rings (SSSR count). The quantitative estimate of drug-likeness (QED) is 0.819. The molecule has 1 saturated heterocycles. The molecule has 2 aliphatic heterocycles. The van der Waals surface area contributed by atoms with E-state index in [1.54, 1.807) is 6.33 Å². The molecule has 1 fully saturated rings. The molecule has 2 aliphatic rings. The Labute approximate surface area is 125 Å². The minimum atomic E-state index is 0.769. The van der Waals surface area contributed by atoms with Gasteiger partial charge in [-0.3, -0.25) is 0 Å². The second-order valence-electron chi connectivity index (χ2n) is 4.31. The molecule has 0 amide bonds. The summed E-state index contributed by atoms with van der Waals surface area (Å²) in [6.07, 6.45) is 3.73. The Bertz CT molecular complexity index is 479. The normalized spacial score (nSPS) is 20.4. The summed E-state index contributed by atoms with van der Waals surface area (Å²) in [6.45, 7) is 4.30. The van der Waals surface area contributed by atoms with Crippen LogP contribution in [0.25, 0.3) is 0 Å². The third-order valence-electron chi connectivity index (χ3n) is 3.10. The Kier molecular flexibility index (Phi) is 4.24. The average molecular weight is 343 g/mol. The smallest absolute Gasteiger partial charge is 0.138 e. The summed E-state index contributed by atoms with van der Waals surface area (Å²) in [5, 5.41) is 0. The molecule has 5 nitrogen and oxygen atoms in total. The monoisotopic (exact) mass is 342 g/mol. The lowest BCUT2D eigenvalue weighted by molar-refractivity contribution is 0.122. The maximum atomic E-state index is 5.37. The molecular weight excluding hydrogens is 328 g/mol. The molecule has 0 aliphatic carbocycles. The highest BCUT2D eigenvalue weighted by Gasteiger charge is 2.16. The number of ether oxygens (including phenoxy) is 1. The van der Waals surface area contributed by atoms with Gasteiger partial charge in [0.1, 0.15) is 18.0 Å². The van der Waals surface area contributed by atoms with Gasteiger partial charge in [-0.25, -0.2) is 9.97 Å². The fourth-order valence-electron chi connectivity index (χ4n) is 2.11. The summed E-state index contributed by atoms with van der Waals surface area (Å²) in [5.74, 6) is 3.00. The average Bonchev–Trinajstić information content (AvgIpc) is 2.48. The van der Waals surface area contributed by atoms with Crippen molar-refractivity contribution in [3.8, 4) is 0 Å². The van der Waals surface area contributed by atoms with Crippen LogP contribution in [0.15, 0.2) is 22.4 Å². The summed E-state index contributed by atoms with van der Waals surface area (Å²) in [4.78, 5) is 13.1. The van der Waals surface area contributed by atoms with Crippen LogP contribution in [0, 0.1) is 0 Å². The van der Waals surface area contributed by atoms with Crippen LogP contribution in [0.2, 0.25) is 0 Å². The van der Waals surface area contributed by atoms with Crippen LogP contribution in [0.5, 0.6) is 0 Å². The lowest BCUT2D eigenvalue weighted by Gasteiger charge is -2.29. The van der Waals surface area contributed by atoms with Crippen molar-refractivity contribution in [1.29, 1.82) is 0 Å². The molecule has 0 unspecified atom stereocenters. The van der Waals surface area contributed by atoms with Crippen molar-refractivity contribution in [3.63, 3.8) is 0 Å². The largest absolute Gasteiger partial charge is 0.378 e. The molecule has 0 N–H and O–H groups in total. The number of anilines is 2. The van der Waals surface area contributed by atoms with Crippen LogP contribution < -0.4 is 9.80 Å². The zero-order valence-electron chi connectivity index (χ0n) is 10.5. The van der Waals surface area contributed by atoms with Gasteiger partial charge >= 0.3 is 0 Å². The minimum Gasteiger partial charge on any atom is -0.378 e. The van der Waals surface area contributed by atoms with Gasteiger partial charge in [-0.15, -0.1) is 11.8 Å². The topological polar surface area (TPSA) is 41.5 Å². The van der Waals surface area contributed by atoms with Crippen molar-refractivity contribution in [2.45, 2.75) is 0 Å². The van der Waals surface area contributed by atoms with Crippen molar-refractivity contribution in [2.75, 3.05) is 48.4 Å². The maximum Gasteiger partial charge on any atom is 0.138 e. The highest BCUT2D eigenvalue weighted by Crippen LogP contribution is 2.29. The van der Waals surface area contributed by atoms with Gasteiger partial charge in [0, 0.05) is 37.7 Å². The first kappa shape index (κ1) is 13.2. The van der Waals surface area contributed by atoms with Crippen LogP contribution in [-0.2, 0) is 4.74 Å². The van der Waals surface area contributed by atoms with E-state index in [2.05, 4.69) is 48.0 Å². The molecule has 3 heterocycles. The number of rotatable bonds is 2. The zero-order chi connectivity index (χ0) is 13.1. The van der Waals surface area contributed by atoms with E-state index < -0.39 is 0 Å². The molecule has 0 aromatic carbocycles. The van der Waals surface area contributed by atoms with Crippen LogP contribution in [0.1, 0.15) is 0 Å². The van der Waals surface area contributed by atoms with E-state index in [0.717, 1.165) is 54.1 Å². The molecule has 7 heteroatoms. The van der Waals surface area contributed by atoms with Gasteiger partial charge in [0.2, 0.25) is 0 Å². The molecule has 0 saturated carbocycles. The molecule has 0 atom stereocenters. The summed E-state index contributed by atoms with van der Waals surface area (Å²) >= 11 is 5.35. The Morgan fingerprint density at radius 2 is 1.95 bits per heavy atom. The van der Waals surface area contributed by atoms with Crippen LogP contribution in [-0.4, -0.2) is 48.6 Å². The van der Waals surface area contributed by atoms with Crippen LogP contribution in [0.3, 0.4) is 0 Å². The third-order valence-corrected chi connectivity index (χ3v) is 4.76. The van der Waals surface area contributed by atoms with E-state index in [1.807, 2.05) is 11.8 Å². The number of morpholine rings is 1. The first-order chi connectivity index (χ1) is 9.33. The van der Waals surface area contributed by atoms with Crippen LogP contribution in [0.4, 0.5) is 11.6 Å². The molecule has 0 spiro atoms. The predicted molar refractivity (Wildman–Crippen MR) is 81.9 cm³/mol. The van der Waals surface area contributed by atoms with Gasteiger partial charge in [-0.05, 0) is 15.9 Å². The van der Waals surface area contributed by atoms with Gasteiger partial charge in [-0.2, -0.15) is 0 Å². The highest BCUT2D eigenvalue weighted by atomic mass is 79.9. The SMILES string of the molecule is BrC1=CN(c2cc(N3CCOCC3)ncn2)CCS1. The highest BCUT2D eigenvalue weighted by molar-refractivity contribution is 9.14. The van der Waals surface area contributed by atoms with E-state index in [9.17, 15) is 0 Å². The Morgan fingerprint density at radius 1 is 1.16 bits per heavy atom. The second kappa shape index (κ2) is 6.11. The van der Waals surface area contributed by atoms with E-state index in [0.29, 0.717) is 0 Å². The second-order valence-corrected chi connectivity index (χ2v) is 6.82. The minimum absolute atomic E-state index is 0.769. The van der Waals surface area contributed by atoms with Gasteiger partial charge in [0.25, 0.3) is 0 Å². The predicted octanol–water partition coefficient (Wildman–Crippen LogP) is 2.06. The van der Waals surface area contributed by atoms with Gasteiger partial charge in [0.05, 0.1) is 17.0 Å². The number of aromatic nitrogens is 2. The lowest BCUT2D eigenvalue weighted by Crippen LogP contribution is -2.37. The summed E-state index contributed by atoms with van der Waals surface area (Å²) in [7, 11) is 0. The van der Waals surface area contributed by atoms with Crippen molar-refractivity contribution < 1.29 is 4.74 Å². The van der Waals surface area contributed by atoms with Crippen molar-refractivity contribution in [2.24, 2.45) is 0 Å². The van der Waals surface area contributed by atoms with E-state index in [-0.39, 0.29) is 0 Å². The van der Waals surface area contributed by atoms with Crippen LogP contribution >= 0.6 is 27.7 Å². The van der Waals surface area contributed by atoms with E-state index in [1.165, 1.54) is 0 Å². The number of halogens is 1. The van der Waals surface area contributed by atoms with Crippen molar-refractivity contribution in [1.82, 2.24) is 9.97 Å². The number of thioether (sulfide) groups is 1. The molecule has 0 bridgehead atoms. The Hall–Kier alpha value is -0.790. The Morgan fingerprint density at radius 3 is 2.74 bits per heavy atom. The number of hydrogen-bond donors (Lipinski definition) is 0. The molecule has 19 heavy (non-hydrogen) atoms. The first-order valence-corrected chi connectivity index (χ1v) is 8.02. The fourth-order valence-corrected chi connectivity index (χ4v) is 3.52. The summed E-state index contributed by atoms with van der Waals surface area (Å²) in [6, 6.07) is 2.05. The standard InChI is InChI=1S/C12H15BrN4OS/c13-10-8-17(3-6-19-10)12-7-11(14-9-15-12)16-1-4-18-5-2-16/h7-9H,1-6H2. The van der Waals surface area contributed by atoms with Crippen molar-refractivity contribution >= 4 is 39.3 Å². The van der Waals surface area contributed by atoms with Gasteiger partial charge in [-0.1, -0.05) is 0 Å². The van der Waals surface area contributed by atoms with Crippen molar-refractivity contribution in [3.05, 3.63) is 22.4 Å². The summed E-state index contributed by atoms with van der Waals surface area (Å²) < 4.78 is 6.51. The fraction of sp³-hybridized carbons (Fsp3) is 0.500. The number of nitrogens with zero attached hydrogens (tertiary/aromatic N) is 4. The Balaban J connectivity index is 1.81. The molecule has 0 radical (unpaired) electrons. The van der Waals surface area contributed by atoms with E-state index >= 15 is 0 Å². The zero-order valence-corrected chi connectivity index (χ0v) is 12.9. The maximum absolute atomic E-state index is 5.37. The first-order valence-electron chi connectivity index (χ1n) is 6.24. The van der Waals surface area contributed by atoms with E-state index in [4.69, 9.17) is 4.74 Å². The molecular formula is C12H15BrN4OS. The van der Waals surface area contributed by atoms with Gasteiger partial charge in [0.15, 0.2) is 0 Å². The van der Waals surface area contributed by atoms with Gasteiger partial charge < -0.3 is 14.5 Å². The third kappa shape index (κ3) is 3.21. The molecule has 102 valence electrons. The summed E-state index contributed by atoms with van der Waals surface area (Å²) in [5.41, 5.74) is 0.